The Hall–Kier alpha value is -1.36. The van der Waals surface area contributed by atoms with Crippen LogP contribution in [0, 0.1) is 10.1 Å². The fourth-order valence-electron chi connectivity index (χ4n) is 1.15. The van der Waals surface area contributed by atoms with Gasteiger partial charge in [-0.15, -0.1) is 11.6 Å². The largest absolute Gasteiger partial charge is 0.487 e. The fraction of sp³-hybridized carbons (Fsp3) is 0.400. The van der Waals surface area contributed by atoms with Crippen LogP contribution < -0.4 is 4.74 Å². The van der Waals surface area contributed by atoms with Crippen molar-refractivity contribution in [1.29, 1.82) is 0 Å². The maximum Gasteiger partial charge on any atom is 0.311 e. The van der Waals surface area contributed by atoms with Crippen molar-refractivity contribution in [3.05, 3.63) is 33.9 Å². The number of nitrogens with zero attached hydrogens (tertiary/aromatic N) is 1. The Morgan fingerprint density at radius 3 is 2.81 bits per heavy atom. The third kappa shape index (κ3) is 3.34. The molecule has 0 radical (unpaired) electrons. The number of alkyl halides is 2. The average Bonchev–Trinajstić information content (AvgIpc) is 2.29. The number of hydrogen-bond donors (Lipinski definition) is 0. The zero-order valence-electron chi connectivity index (χ0n) is 8.49. The fourth-order valence-corrected chi connectivity index (χ4v) is 1.31. The summed E-state index contributed by atoms with van der Waals surface area (Å²) in [5.74, 6) is 0.346. The van der Waals surface area contributed by atoms with Gasteiger partial charge in [0.05, 0.1) is 18.2 Å². The molecule has 0 aromatic heterocycles. The molecule has 0 bridgehead atoms. The molecule has 0 unspecified atom stereocenters. The van der Waals surface area contributed by atoms with Crippen molar-refractivity contribution in [2.24, 2.45) is 0 Å². The van der Waals surface area contributed by atoms with E-state index in [-0.39, 0.29) is 30.3 Å². The highest BCUT2D eigenvalue weighted by molar-refractivity contribution is 6.17. The molecular formula is C10H11ClFNO3. The van der Waals surface area contributed by atoms with Crippen LogP contribution in [0.5, 0.6) is 5.75 Å². The normalized spacial score (nSPS) is 10.1. The van der Waals surface area contributed by atoms with Gasteiger partial charge in [-0.3, -0.25) is 14.5 Å². The van der Waals surface area contributed by atoms with Gasteiger partial charge in [-0.2, -0.15) is 0 Å². The lowest BCUT2D eigenvalue weighted by Crippen LogP contribution is -2.01. The van der Waals surface area contributed by atoms with Gasteiger partial charge in [0, 0.05) is 18.4 Å². The predicted octanol–water partition coefficient (Wildman–Crippen LogP) is 3.07. The summed E-state index contributed by atoms with van der Waals surface area (Å²) in [5.41, 5.74) is 0.503. The smallest absolute Gasteiger partial charge is 0.311 e. The molecule has 0 atom stereocenters. The van der Waals surface area contributed by atoms with Crippen LogP contribution >= 0.6 is 11.6 Å². The highest BCUT2D eigenvalue weighted by Gasteiger charge is 2.15. The summed E-state index contributed by atoms with van der Waals surface area (Å²) in [6, 6.07) is 4.48. The van der Waals surface area contributed by atoms with Gasteiger partial charge in [-0.1, -0.05) is 6.07 Å². The van der Waals surface area contributed by atoms with Crippen molar-refractivity contribution < 1.29 is 14.1 Å². The topological polar surface area (TPSA) is 52.4 Å². The second-order valence-corrected chi connectivity index (χ2v) is 3.35. The summed E-state index contributed by atoms with van der Waals surface area (Å²) >= 11 is 5.57. The van der Waals surface area contributed by atoms with E-state index in [2.05, 4.69) is 0 Å². The molecular weight excluding hydrogens is 237 g/mol. The standard InChI is InChI=1S/C10H11ClFNO3/c11-7-8-2-3-10(16-5-1-4-12)9(6-8)13(14)15/h2-3,6H,1,4-5,7H2. The van der Waals surface area contributed by atoms with Crippen LogP contribution in [0.2, 0.25) is 0 Å². The Morgan fingerprint density at radius 1 is 1.50 bits per heavy atom. The first-order valence-electron chi connectivity index (χ1n) is 4.71. The molecule has 6 heteroatoms. The van der Waals surface area contributed by atoms with E-state index in [1.807, 2.05) is 0 Å². The SMILES string of the molecule is O=[N+]([O-])c1cc(CCl)ccc1OCCCF. The molecule has 1 aromatic rings. The molecule has 0 aliphatic rings. The first-order chi connectivity index (χ1) is 7.69. The molecule has 0 heterocycles. The van der Waals surface area contributed by atoms with Gasteiger partial charge in [0.2, 0.25) is 0 Å². The van der Waals surface area contributed by atoms with Crippen LogP contribution in [-0.4, -0.2) is 18.2 Å². The third-order valence-corrected chi connectivity index (χ3v) is 2.22. The van der Waals surface area contributed by atoms with Crippen molar-refractivity contribution in [3.8, 4) is 5.75 Å². The van der Waals surface area contributed by atoms with Gasteiger partial charge >= 0.3 is 5.69 Å². The van der Waals surface area contributed by atoms with Crippen LogP contribution in [-0.2, 0) is 5.88 Å². The molecule has 0 amide bonds. The van der Waals surface area contributed by atoms with Crippen LogP contribution in [0.15, 0.2) is 18.2 Å². The van der Waals surface area contributed by atoms with Gasteiger partial charge in [0.1, 0.15) is 0 Å². The van der Waals surface area contributed by atoms with E-state index in [1.165, 1.54) is 12.1 Å². The highest BCUT2D eigenvalue weighted by Crippen LogP contribution is 2.28. The molecule has 0 saturated heterocycles. The van der Waals surface area contributed by atoms with Crippen molar-refractivity contribution in [3.63, 3.8) is 0 Å². The summed E-state index contributed by atoms with van der Waals surface area (Å²) < 4.78 is 17.0. The lowest BCUT2D eigenvalue weighted by molar-refractivity contribution is -0.385. The molecule has 1 rings (SSSR count). The van der Waals surface area contributed by atoms with Crippen LogP contribution in [0.4, 0.5) is 10.1 Å². The average molecular weight is 248 g/mol. The number of nitro benzene ring substituents is 1. The van der Waals surface area contributed by atoms with E-state index < -0.39 is 11.6 Å². The maximum atomic E-state index is 11.8. The molecule has 0 saturated carbocycles. The summed E-state index contributed by atoms with van der Waals surface area (Å²) in [7, 11) is 0. The second-order valence-electron chi connectivity index (χ2n) is 3.08. The van der Waals surface area contributed by atoms with Gasteiger partial charge in [-0.25, -0.2) is 0 Å². The lowest BCUT2D eigenvalue weighted by atomic mass is 10.2. The van der Waals surface area contributed by atoms with Crippen molar-refractivity contribution >= 4 is 17.3 Å². The number of nitro groups is 1. The van der Waals surface area contributed by atoms with E-state index >= 15 is 0 Å². The van der Waals surface area contributed by atoms with E-state index in [0.29, 0.717) is 5.56 Å². The van der Waals surface area contributed by atoms with Gasteiger partial charge in [0.15, 0.2) is 5.75 Å². The number of rotatable bonds is 6. The Bertz CT molecular complexity index is 373. The minimum atomic E-state index is -0.541. The maximum absolute atomic E-state index is 11.8. The Balaban J connectivity index is 2.85. The molecule has 0 aliphatic carbocycles. The molecule has 1 aromatic carbocycles. The van der Waals surface area contributed by atoms with E-state index in [0.717, 1.165) is 0 Å². The zero-order valence-corrected chi connectivity index (χ0v) is 9.24. The number of halogens is 2. The molecule has 88 valence electrons. The summed E-state index contributed by atoms with van der Waals surface area (Å²) in [6.45, 7) is -0.384. The van der Waals surface area contributed by atoms with Gasteiger partial charge in [0.25, 0.3) is 0 Å². The molecule has 0 spiro atoms. The Morgan fingerprint density at radius 2 is 2.25 bits per heavy atom. The first-order valence-corrected chi connectivity index (χ1v) is 5.24. The van der Waals surface area contributed by atoms with Crippen LogP contribution in [0.1, 0.15) is 12.0 Å². The van der Waals surface area contributed by atoms with E-state index in [4.69, 9.17) is 16.3 Å². The minimum absolute atomic E-state index is 0.123. The summed E-state index contributed by atoms with van der Waals surface area (Å²) in [5, 5.41) is 10.7. The Kier molecular flexibility index (Phi) is 4.98. The molecule has 16 heavy (non-hydrogen) atoms. The molecule has 4 nitrogen and oxygen atoms in total. The van der Waals surface area contributed by atoms with Crippen LogP contribution in [0.3, 0.4) is 0 Å². The highest BCUT2D eigenvalue weighted by atomic mass is 35.5. The molecule has 0 fully saturated rings. The van der Waals surface area contributed by atoms with Crippen molar-refractivity contribution in [2.45, 2.75) is 12.3 Å². The molecule has 0 N–H and O–H groups in total. The van der Waals surface area contributed by atoms with Gasteiger partial charge < -0.3 is 4.74 Å². The monoisotopic (exact) mass is 247 g/mol. The molecule has 0 aliphatic heterocycles. The van der Waals surface area contributed by atoms with E-state index in [1.54, 1.807) is 6.07 Å². The number of ether oxygens (including phenoxy) is 1. The second kappa shape index (κ2) is 6.27. The van der Waals surface area contributed by atoms with Crippen LogP contribution in [0.25, 0.3) is 0 Å². The summed E-state index contributed by atoms with van der Waals surface area (Å²) in [4.78, 5) is 10.2. The lowest BCUT2D eigenvalue weighted by Gasteiger charge is -2.06. The summed E-state index contributed by atoms with van der Waals surface area (Å²) in [6.07, 6.45) is 0.217. The first kappa shape index (κ1) is 12.7. The number of benzene rings is 1. The predicted molar refractivity (Wildman–Crippen MR) is 58.7 cm³/mol. The third-order valence-electron chi connectivity index (χ3n) is 1.91. The number of hydrogen-bond acceptors (Lipinski definition) is 3. The van der Waals surface area contributed by atoms with E-state index in [9.17, 15) is 14.5 Å². The Labute approximate surface area is 97.1 Å². The quantitative estimate of drug-likeness (QED) is 0.336. The van der Waals surface area contributed by atoms with Gasteiger partial charge in [-0.05, 0) is 11.6 Å². The minimum Gasteiger partial charge on any atom is -0.487 e. The van der Waals surface area contributed by atoms with Crippen molar-refractivity contribution in [2.75, 3.05) is 13.3 Å². The van der Waals surface area contributed by atoms with Crippen molar-refractivity contribution in [1.82, 2.24) is 0 Å². The zero-order chi connectivity index (χ0) is 12.0.